The second kappa shape index (κ2) is 8.36. The van der Waals surface area contributed by atoms with E-state index in [1.54, 1.807) is 6.92 Å². The van der Waals surface area contributed by atoms with E-state index in [-0.39, 0.29) is 11.6 Å². The average Bonchev–Trinajstić information content (AvgIpc) is 2.56. The fourth-order valence-electron chi connectivity index (χ4n) is 2.99. The number of nitrogens with zero attached hydrogens (tertiary/aromatic N) is 1. The molecule has 0 saturated carbocycles. The van der Waals surface area contributed by atoms with Crippen molar-refractivity contribution >= 4 is 11.6 Å². The van der Waals surface area contributed by atoms with Crippen molar-refractivity contribution in [3.63, 3.8) is 0 Å². The summed E-state index contributed by atoms with van der Waals surface area (Å²) in [6.45, 7) is 4.46. The van der Waals surface area contributed by atoms with E-state index < -0.39 is 17.7 Å². The van der Waals surface area contributed by atoms with Crippen molar-refractivity contribution in [2.75, 3.05) is 32.0 Å². The van der Waals surface area contributed by atoms with Crippen molar-refractivity contribution in [3.05, 3.63) is 29.8 Å². The lowest BCUT2D eigenvalue weighted by Crippen LogP contribution is -2.46. The second-order valence-electron chi connectivity index (χ2n) is 6.13. The maximum absolute atomic E-state index is 13.6. The first kappa shape index (κ1) is 17.8. The Morgan fingerprint density at radius 3 is 2.48 bits per heavy atom. The number of para-hydroxylation sites is 1. The summed E-state index contributed by atoms with van der Waals surface area (Å²) < 4.78 is 27.2. The van der Waals surface area contributed by atoms with Crippen LogP contribution in [0.15, 0.2) is 18.2 Å². The van der Waals surface area contributed by atoms with Crippen LogP contribution < -0.4 is 10.6 Å². The molecule has 1 saturated heterocycles. The van der Waals surface area contributed by atoms with Gasteiger partial charge in [0.15, 0.2) is 0 Å². The maximum Gasteiger partial charge on any atom is 0.241 e. The minimum absolute atomic E-state index is 0.367. The van der Waals surface area contributed by atoms with Crippen LogP contribution >= 0.6 is 0 Å². The zero-order chi connectivity index (χ0) is 16.8. The number of benzene rings is 1. The van der Waals surface area contributed by atoms with Gasteiger partial charge in [0.05, 0.1) is 6.04 Å². The highest BCUT2D eigenvalue weighted by Crippen LogP contribution is 2.23. The Labute approximate surface area is 136 Å². The lowest BCUT2D eigenvalue weighted by atomic mass is 9.93. The Kier molecular flexibility index (Phi) is 6.47. The molecule has 1 atom stereocenters. The molecule has 0 aromatic heterocycles. The van der Waals surface area contributed by atoms with Gasteiger partial charge in [-0.15, -0.1) is 0 Å². The van der Waals surface area contributed by atoms with Crippen LogP contribution in [0.5, 0.6) is 0 Å². The number of anilines is 1. The molecule has 23 heavy (non-hydrogen) atoms. The van der Waals surface area contributed by atoms with Crippen LogP contribution in [0.4, 0.5) is 14.5 Å². The average molecular weight is 325 g/mol. The normalized spacial score (nSPS) is 17.9. The number of carbonyl (C=O) groups excluding carboxylic acids is 1. The van der Waals surface area contributed by atoms with Crippen LogP contribution in [0.1, 0.15) is 26.2 Å². The number of hydrogen-bond acceptors (Lipinski definition) is 3. The van der Waals surface area contributed by atoms with Crippen LogP contribution in [0.2, 0.25) is 0 Å². The molecule has 2 N–H and O–H groups in total. The highest BCUT2D eigenvalue weighted by molar-refractivity contribution is 5.94. The van der Waals surface area contributed by atoms with Crippen molar-refractivity contribution in [2.45, 2.75) is 32.2 Å². The monoisotopic (exact) mass is 325 g/mol. The number of carbonyl (C=O) groups is 1. The van der Waals surface area contributed by atoms with E-state index >= 15 is 0 Å². The molecule has 0 aliphatic carbocycles. The minimum Gasteiger partial charge on any atom is -0.320 e. The largest absolute Gasteiger partial charge is 0.320 e. The third-order valence-corrected chi connectivity index (χ3v) is 4.59. The van der Waals surface area contributed by atoms with Gasteiger partial charge in [0.1, 0.15) is 17.3 Å². The number of rotatable bonds is 6. The van der Waals surface area contributed by atoms with E-state index in [4.69, 9.17) is 0 Å². The SMILES string of the molecule is CNCCC1CCN(C(C)C(=O)Nc2c(F)cccc2F)CC1. The number of piperidine rings is 1. The third kappa shape index (κ3) is 4.72. The van der Waals surface area contributed by atoms with Crippen molar-refractivity contribution in [3.8, 4) is 0 Å². The molecule has 2 rings (SSSR count). The molecule has 128 valence electrons. The standard InChI is InChI=1S/C17H25F2N3O/c1-12(22-10-7-13(8-11-22)6-9-20-2)17(23)21-16-14(18)4-3-5-15(16)19/h3-5,12-13,20H,6-11H2,1-2H3,(H,21,23). The quantitative estimate of drug-likeness (QED) is 0.845. The number of halogens is 2. The first-order chi connectivity index (χ1) is 11.0. The first-order valence-corrected chi connectivity index (χ1v) is 8.16. The molecule has 4 nitrogen and oxygen atoms in total. The molecule has 1 amide bonds. The predicted molar refractivity (Wildman–Crippen MR) is 87.3 cm³/mol. The molecule has 1 heterocycles. The Bertz CT molecular complexity index is 510. The van der Waals surface area contributed by atoms with Crippen molar-refractivity contribution in [1.29, 1.82) is 0 Å². The summed E-state index contributed by atoms with van der Waals surface area (Å²) in [5.41, 5.74) is -0.367. The third-order valence-electron chi connectivity index (χ3n) is 4.59. The Morgan fingerprint density at radius 2 is 1.91 bits per heavy atom. The second-order valence-corrected chi connectivity index (χ2v) is 6.13. The Balaban J connectivity index is 1.88. The van der Waals surface area contributed by atoms with Crippen LogP contribution in [0.3, 0.4) is 0 Å². The van der Waals surface area contributed by atoms with E-state index in [1.165, 1.54) is 6.07 Å². The summed E-state index contributed by atoms with van der Waals surface area (Å²) in [4.78, 5) is 14.3. The molecule has 0 radical (unpaired) electrons. The van der Waals surface area contributed by atoms with Gasteiger partial charge in [0.25, 0.3) is 0 Å². The molecule has 6 heteroatoms. The molecule has 0 bridgehead atoms. The molecule has 1 aliphatic rings. The molecule has 1 aliphatic heterocycles. The Hall–Kier alpha value is -1.53. The predicted octanol–water partition coefficient (Wildman–Crippen LogP) is 2.61. The molecule has 1 aromatic rings. The molecular weight excluding hydrogens is 300 g/mol. The lowest BCUT2D eigenvalue weighted by molar-refractivity contribution is -0.121. The van der Waals surface area contributed by atoms with Gasteiger partial charge in [0.2, 0.25) is 5.91 Å². The van der Waals surface area contributed by atoms with Crippen molar-refractivity contribution in [2.24, 2.45) is 5.92 Å². The van der Waals surface area contributed by atoms with Crippen LogP contribution in [0.25, 0.3) is 0 Å². The van der Waals surface area contributed by atoms with Crippen molar-refractivity contribution in [1.82, 2.24) is 10.2 Å². The molecular formula is C17H25F2N3O. The van der Waals surface area contributed by atoms with E-state index in [0.717, 1.165) is 51.0 Å². The molecule has 1 unspecified atom stereocenters. The first-order valence-electron chi connectivity index (χ1n) is 8.16. The fraction of sp³-hybridized carbons (Fsp3) is 0.588. The number of nitrogens with one attached hydrogen (secondary N) is 2. The van der Waals surface area contributed by atoms with Crippen LogP contribution in [-0.2, 0) is 4.79 Å². The van der Waals surface area contributed by atoms with Gasteiger partial charge in [-0.1, -0.05) is 6.07 Å². The Morgan fingerprint density at radius 1 is 1.30 bits per heavy atom. The minimum atomic E-state index is -0.753. The van der Waals surface area contributed by atoms with E-state index in [1.807, 2.05) is 7.05 Å². The topological polar surface area (TPSA) is 44.4 Å². The van der Waals surface area contributed by atoms with Gasteiger partial charge in [-0.2, -0.15) is 0 Å². The highest BCUT2D eigenvalue weighted by Gasteiger charge is 2.27. The number of amides is 1. The maximum atomic E-state index is 13.6. The summed E-state index contributed by atoms with van der Waals surface area (Å²) in [5, 5.41) is 5.54. The highest BCUT2D eigenvalue weighted by atomic mass is 19.1. The number of likely N-dealkylation sites (tertiary alicyclic amines) is 1. The summed E-state index contributed by atoms with van der Waals surface area (Å²) in [7, 11) is 1.95. The van der Waals surface area contributed by atoms with Gasteiger partial charge < -0.3 is 10.6 Å². The molecule has 0 spiro atoms. The number of hydrogen-bond donors (Lipinski definition) is 2. The van der Waals surface area contributed by atoms with Gasteiger partial charge in [0, 0.05) is 0 Å². The summed E-state index contributed by atoms with van der Waals surface area (Å²) in [6.07, 6.45) is 3.24. The summed E-state index contributed by atoms with van der Waals surface area (Å²) >= 11 is 0. The van der Waals surface area contributed by atoms with E-state index in [9.17, 15) is 13.6 Å². The summed E-state index contributed by atoms with van der Waals surface area (Å²) in [5.74, 6) is -1.20. The zero-order valence-corrected chi connectivity index (χ0v) is 13.7. The van der Waals surface area contributed by atoms with E-state index in [0.29, 0.717) is 5.92 Å². The van der Waals surface area contributed by atoms with Gasteiger partial charge in [-0.25, -0.2) is 8.78 Å². The lowest BCUT2D eigenvalue weighted by Gasteiger charge is -2.35. The smallest absolute Gasteiger partial charge is 0.241 e. The zero-order valence-electron chi connectivity index (χ0n) is 13.7. The van der Waals surface area contributed by atoms with Crippen LogP contribution in [-0.4, -0.2) is 43.5 Å². The molecule has 1 aromatic carbocycles. The molecule has 1 fully saturated rings. The van der Waals surface area contributed by atoms with Gasteiger partial charge >= 0.3 is 0 Å². The van der Waals surface area contributed by atoms with Crippen LogP contribution in [0, 0.1) is 17.6 Å². The van der Waals surface area contributed by atoms with Gasteiger partial charge in [-0.05, 0) is 70.9 Å². The summed E-state index contributed by atoms with van der Waals surface area (Å²) in [6, 6.07) is 3.15. The fourth-order valence-corrected chi connectivity index (χ4v) is 2.99. The van der Waals surface area contributed by atoms with E-state index in [2.05, 4.69) is 15.5 Å². The van der Waals surface area contributed by atoms with Gasteiger partial charge in [-0.3, -0.25) is 9.69 Å². The van der Waals surface area contributed by atoms with Crippen molar-refractivity contribution < 1.29 is 13.6 Å².